The van der Waals surface area contributed by atoms with Crippen molar-refractivity contribution in [1.29, 1.82) is 0 Å². The Bertz CT molecular complexity index is 741. The maximum absolute atomic E-state index is 10.3. The lowest BCUT2D eigenvalue weighted by molar-refractivity contribution is 0.397. The zero-order valence-electron chi connectivity index (χ0n) is 13.8. The molecule has 0 aliphatic heterocycles. The fourth-order valence-corrected chi connectivity index (χ4v) is 3.66. The highest BCUT2D eigenvalue weighted by molar-refractivity contribution is 8.93. The highest BCUT2D eigenvalue weighted by atomic mass is 79.9. The maximum atomic E-state index is 10.3. The van der Waals surface area contributed by atoms with Gasteiger partial charge in [-0.1, -0.05) is 55.3 Å². The largest absolute Gasteiger partial charge is 0.504 e. The topological polar surface area (TPSA) is 66.5 Å². The third-order valence-electron chi connectivity index (χ3n) is 4.73. The van der Waals surface area contributed by atoms with Gasteiger partial charge in [0.2, 0.25) is 0 Å². The molecule has 0 fully saturated rings. The molecule has 1 atom stereocenters. The third-order valence-corrected chi connectivity index (χ3v) is 4.73. The van der Waals surface area contributed by atoms with Crippen LogP contribution in [-0.2, 0) is 6.42 Å². The van der Waals surface area contributed by atoms with Gasteiger partial charge < -0.3 is 15.9 Å². The fourth-order valence-electron chi connectivity index (χ4n) is 3.66. The van der Waals surface area contributed by atoms with Crippen LogP contribution in [0.5, 0.6) is 11.5 Å². The van der Waals surface area contributed by atoms with Gasteiger partial charge in [0.25, 0.3) is 0 Å². The molecule has 3 rings (SSSR count). The fraction of sp³-hybridized carbons (Fsp3) is 0.300. The Morgan fingerprint density at radius 2 is 1.79 bits per heavy atom. The van der Waals surface area contributed by atoms with Gasteiger partial charge in [-0.2, -0.15) is 0 Å². The number of nitrogens with two attached hydrogens (primary N) is 1. The number of aromatic hydroxyl groups is 2. The Hall–Kier alpha value is -1.78. The van der Waals surface area contributed by atoms with Gasteiger partial charge in [-0.25, -0.2) is 0 Å². The zero-order valence-corrected chi connectivity index (χ0v) is 15.5. The van der Waals surface area contributed by atoms with Crippen molar-refractivity contribution in [3.05, 3.63) is 64.7 Å². The summed E-state index contributed by atoms with van der Waals surface area (Å²) in [5, 5.41) is 20.2. The summed E-state index contributed by atoms with van der Waals surface area (Å²) in [5.74, 6) is 0.130. The molecule has 1 unspecified atom stereocenters. The standard InChI is InChI=1S/C20H23NO2.BrH/c1-2-6-14-16(13-7-4-3-5-8-13)11-17-15(18(14)12-21)9-10-19(22)20(17)23;/h3-5,7-10,16,22-23H,2,6,11-12,21H2,1H3;1H. The van der Waals surface area contributed by atoms with Gasteiger partial charge in [-0.3, -0.25) is 0 Å². The summed E-state index contributed by atoms with van der Waals surface area (Å²) in [7, 11) is 0. The van der Waals surface area contributed by atoms with Crippen LogP contribution in [0.15, 0.2) is 48.0 Å². The predicted octanol–water partition coefficient (Wildman–Crippen LogP) is 4.53. The van der Waals surface area contributed by atoms with Crippen LogP contribution in [-0.4, -0.2) is 16.8 Å². The van der Waals surface area contributed by atoms with Crippen molar-refractivity contribution >= 4 is 22.6 Å². The van der Waals surface area contributed by atoms with E-state index in [9.17, 15) is 10.2 Å². The average Bonchev–Trinajstić information content (AvgIpc) is 2.59. The van der Waals surface area contributed by atoms with Crippen molar-refractivity contribution in [3.63, 3.8) is 0 Å². The van der Waals surface area contributed by atoms with Crippen LogP contribution in [0.25, 0.3) is 5.57 Å². The van der Waals surface area contributed by atoms with E-state index in [1.165, 1.54) is 11.1 Å². The number of allylic oxidation sites excluding steroid dienone is 1. The quantitative estimate of drug-likeness (QED) is 0.672. The van der Waals surface area contributed by atoms with E-state index in [1.54, 1.807) is 6.07 Å². The molecule has 1 aliphatic rings. The van der Waals surface area contributed by atoms with E-state index in [0.29, 0.717) is 13.0 Å². The normalized spacial score (nSPS) is 16.5. The number of halogens is 1. The second-order valence-corrected chi connectivity index (χ2v) is 6.08. The summed E-state index contributed by atoms with van der Waals surface area (Å²) in [4.78, 5) is 0. The van der Waals surface area contributed by atoms with E-state index < -0.39 is 0 Å². The lowest BCUT2D eigenvalue weighted by atomic mass is 9.73. The molecule has 0 saturated carbocycles. The molecule has 2 aromatic carbocycles. The van der Waals surface area contributed by atoms with Gasteiger partial charge in [-0.15, -0.1) is 17.0 Å². The summed E-state index contributed by atoms with van der Waals surface area (Å²) in [6.07, 6.45) is 2.74. The number of rotatable bonds is 4. The Labute approximate surface area is 153 Å². The monoisotopic (exact) mass is 389 g/mol. The van der Waals surface area contributed by atoms with Crippen LogP contribution in [0.4, 0.5) is 0 Å². The van der Waals surface area contributed by atoms with Crippen LogP contribution < -0.4 is 5.73 Å². The Morgan fingerprint density at radius 1 is 1.08 bits per heavy atom. The first-order valence-electron chi connectivity index (χ1n) is 8.18. The van der Waals surface area contributed by atoms with E-state index in [1.807, 2.05) is 24.3 Å². The predicted molar refractivity (Wildman–Crippen MR) is 104 cm³/mol. The van der Waals surface area contributed by atoms with Gasteiger partial charge >= 0.3 is 0 Å². The molecule has 3 nitrogen and oxygen atoms in total. The molecule has 0 aromatic heterocycles. The summed E-state index contributed by atoms with van der Waals surface area (Å²) < 4.78 is 0. The van der Waals surface area contributed by atoms with Crippen LogP contribution in [0.2, 0.25) is 0 Å². The second-order valence-electron chi connectivity index (χ2n) is 6.08. The Morgan fingerprint density at radius 3 is 2.42 bits per heavy atom. The molecule has 0 spiro atoms. The minimum Gasteiger partial charge on any atom is -0.504 e. The second kappa shape index (κ2) is 7.86. The first kappa shape index (κ1) is 18.6. The minimum atomic E-state index is -0.0640. The molecule has 1 aliphatic carbocycles. The number of phenols is 2. The van der Waals surface area contributed by atoms with Crippen LogP contribution >= 0.6 is 17.0 Å². The van der Waals surface area contributed by atoms with Gasteiger partial charge in [0, 0.05) is 18.0 Å². The molecular formula is C20H24BrNO2. The van der Waals surface area contributed by atoms with E-state index >= 15 is 0 Å². The molecule has 4 heteroatoms. The first-order chi connectivity index (χ1) is 11.2. The van der Waals surface area contributed by atoms with Crippen molar-refractivity contribution in [2.24, 2.45) is 5.73 Å². The Balaban J connectivity index is 0.00000208. The van der Waals surface area contributed by atoms with Gasteiger partial charge in [0.05, 0.1) is 0 Å². The van der Waals surface area contributed by atoms with E-state index in [4.69, 9.17) is 5.73 Å². The van der Waals surface area contributed by atoms with Gasteiger partial charge in [-0.05, 0) is 35.6 Å². The number of hydrogen-bond donors (Lipinski definition) is 3. The molecular weight excluding hydrogens is 366 g/mol. The number of phenolic OH excluding ortho intramolecular Hbond substituents is 2. The van der Waals surface area contributed by atoms with Crippen molar-refractivity contribution in [2.75, 3.05) is 6.54 Å². The molecule has 24 heavy (non-hydrogen) atoms. The lowest BCUT2D eigenvalue weighted by Crippen LogP contribution is -2.19. The summed E-state index contributed by atoms with van der Waals surface area (Å²) in [6, 6.07) is 13.8. The van der Waals surface area contributed by atoms with Gasteiger partial charge in [0.1, 0.15) is 0 Å². The third kappa shape index (κ3) is 3.21. The molecule has 0 saturated heterocycles. The lowest BCUT2D eigenvalue weighted by Gasteiger charge is -2.31. The van der Waals surface area contributed by atoms with Crippen LogP contribution in [0, 0.1) is 0 Å². The summed E-state index contributed by atoms with van der Waals surface area (Å²) >= 11 is 0. The van der Waals surface area contributed by atoms with E-state index in [-0.39, 0.29) is 34.4 Å². The van der Waals surface area contributed by atoms with Crippen molar-refractivity contribution in [3.8, 4) is 11.5 Å². The van der Waals surface area contributed by atoms with E-state index in [0.717, 1.165) is 29.5 Å². The zero-order chi connectivity index (χ0) is 16.4. The minimum absolute atomic E-state index is 0. The molecule has 0 heterocycles. The highest BCUT2D eigenvalue weighted by Gasteiger charge is 2.29. The molecule has 128 valence electrons. The summed E-state index contributed by atoms with van der Waals surface area (Å²) in [6.45, 7) is 2.61. The molecule has 0 radical (unpaired) electrons. The molecule has 0 bridgehead atoms. The Kier molecular flexibility index (Phi) is 6.08. The smallest absolute Gasteiger partial charge is 0.161 e. The number of hydrogen-bond acceptors (Lipinski definition) is 3. The van der Waals surface area contributed by atoms with Crippen molar-refractivity contribution in [2.45, 2.75) is 32.1 Å². The maximum Gasteiger partial charge on any atom is 0.161 e. The first-order valence-corrected chi connectivity index (χ1v) is 8.18. The summed E-state index contributed by atoms with van der Waals surface area (Å²) in [5.41, 5.74) is 11.6. The number of fused-ring (bicyclic) bond motifs is 1. The average molecular weight is 390 g/mol. The van der Waals surface area contributed by atoms with Crippen molar-refractivity contribution in [1.82, 2.24) is 0 Å². The number of benzene rings is 2. The SMILES string of the molecule is Br.CCCC1=C(CN)c2ccc(O)c(O)c2CC1c1ccccc1. The molecule has 0 amide bonds. The van der Waals surface area contributed by atoms with E-state index in [2.05, 4.69) is 19.1 Å². The van der Waals surface area contributed by atoms with Crippen molar-refractivity contribution < 1.29 is 10.2 Å². The molecule has 2 aromatic rings. The van der Waals surface area contributed by atoms with Crippen LogP contribution in [0.3, 0.4) is 0 Å². The molecule has 4 N–H and O–H groups in total. The highest BCUT2D eigenvalue weighted by Crippen LogP contribution is 2.46. The van der Waals surface area contributed by atoms with Gasteiger partial charge in [0.15, 0.2) is 11.5 Å². The van der Waals surface area contributed by atoms with Crippen LogP contribution in [0.1, 0.15) is 42.4 Å².